The molecule has 1 aromatic rings. The van der Waals surface area contributed by atoms with Crippen molar-refractivity contribution in [2.45, 2.75) is 24.7 Å². The van der Waals surface area contributed by atoms with E-state index in [1.165, 1.54) is 0 Å². The number of esters is 1. The average molecular weight is 305 g/mol. The molecule has 2 aliphatic heterocycles. The second-order valence-electron chi connectivity index (χ2n) is 4.85. The molecule has 108 valence electrons. The highest BCUT2D eigenvalue weighted by molar-refractivity contribution is 8.00. The van der Waals surface area contributed by atoms with E-state index in [-0.39, 0.29) is 23.3 Å². The maximum Gasteiger partial charge on any atom is 0.328 e. The van der Waals surface area contributed by atoms with Gasteiger partial charge in [-0.2, -0.15) is 0 Å². The van der Waals surface area contributed by atoms with Gasteiger partial charge in [-0.25, -0.2) is 4.31 Å². The molecular weight excluding hydrogens is 294 g/mol. The van der Waals surface area contributed by atoms with Crippen molar-refractivity contribution in [1.29, 1.82) is 0 Å². The molecule has 21 heavy (non-hydrogen) atoms. The summed E-state index contributed by atoms with van der Waals surface area (Å²) in [5.41, 5.74) is 0.556. The predicted octanol–water partition coefficient (Wildman–Crippen LogP) is 1.20. The van der Waals surface area contributed by atoms with Gasteiger partial charge in [0, 0.05) is 6.42 Å². The van der Waals surface area contributed by atoms with Crippen molar-refractivity contribution in [3.63, 3.8) is 0 Å². The molecule has 0 aromatic heterocycles. The van der Waals surface area contributed by atoms with Crippen LogP contribution in [0, 0.1) is 0 Å². The number of carbonyl (C=O) groups is 4. The van der Waals surface area contributed by atoms with Crippen LogP contribution in [0.1, 0.15) is 34.1 Å². The number of Topliss-reactive ketones (excluding diaryl/α,β-unsaturated/α-hetero) is 1. The number of hydrogen-bond donors (Lipinski definition) is 0. The molecular formula is C14H11NO5S. The summed E-state index contributed by atoms with van der Waals surface area (Å²) in [6, 6.07) is 6.39. The molecule has 2 unspecified atom stereocenters. The molecule has 2 atom stereocenters. The van der Waals surface area contributed by atoms with Crippen molar-refractivity contribution in [1.82, 2.24) is 4.31 Å². The molecule has 2 amide bonds. The number of imide groups is 1. The third-order valence-corrected chi connectivity index (χ3v) is 4.49. The fourth-order valence-corrected chi connectivity index (χ4v) is 3.25. The minimum absolute atomic E-state index is 0.0899. The van der Waals surface area contributed by atoms with Crippen LogP contribution < -0.4 is 0 Å². The van der Waals surface area contributed by atoms with Crippen LogP contribution in [0.4, 0.5) is 0 Å². The lowest BCUT2D eigenvalue weighted by molar-refractivity contribution is -0.155. The minimum atomic E-state index is -1.16. The molecule has 0 bridgehead atoms. The highest BCUT2D eigenvalue weighted by Gasteiger charge is 2.43. The first-order valence-corrected chi connectivity index (χ1v) is 7.20. The van der Waals surface area contributed by atoms with E-state index >= 15 is 0 Å². The molecule has 0 aliphatic carbocycles. The van der Waals surface area contributed by atoms with E-state index in [1.807, 2.05) is 0 Å². The predicted molar refractivity (Wildman–Crippen MR) is 73.5 cm³/mol. The average Bonchev–Trinajstić information content (AvgIpc) is 2.67. The third-order valence-electron chi connectivity index (χ3n) is 3.28. The minimum Gasteiger partial charge on any atom is -0.461 e. The summed E-state index contributed by atoms with van der Waals surface area (Å²) in [4.78, 5) is 48.1. The fourth-order valence-electron chi connectivity index (χ4n) is 2.29. The maximum absolute atomic E-state index is 12.2. The van der Waals surface area contributed by atoms with Crippen molar-refractivity contribution in [3.05, 3.63) is 35.4 Å². The molecule has 2 heterocycles. The number of cyclic esters (lactones) is 1. The smallest absolute Gasteiger partial charge is 0.328 e. The second kappa shape index (κ2) is 5.00. The van der Waals surface area contributed by atoms with Crippen LogP contribution in [0.5, 0.6) is 0 Å². The van der Waals surface area contributed by atoms with E-state index < -0.39 is 29.1 Å². The Morgan fingerprint density at radius 3 is 2.19 bits per heavy atom. The number of fused-ring (bicyclic) bond motifs is 1. The zero-order valence-corrected chi connectivity index (χ0v) is 11.9. The van der Waals surface area contributed by atoms with Crippen LogP contribution in [0.2, 0.25) is 0 Å². The first kappa shape index (κ1) is 13.8. The van der Waals surface area contributed by atoms with Crippen LogP contribution in [0.3, 0.4) is 0 Å². The molecule has 1 saturated heterocycles. The largest absolute Gasteiger partial charge is 0.461 e. The SMILES string of the molecule is CC1CC(=O)C(SN2C(=O)c3ccccc3C2=O)C(=O)O1. The molecule has 0 N–H and O–H groups in total. The van der Waals surface area contributed by atoms with Crippen LogP contribution in [0.25, 0.3) is 0 Å². The van der Waals surface area contributed by atoms with Crippen molar-refractivity contribution in [2.75, 3.05) is 0 Å². The maximum atomic E-state index is 12.2. The van der Waals surface area contributed by atoms with E-state index in [2.05, 4.69) is 0 Å². The van der Waals surface area contributed by atoms with Gasteiger partial charge in [0.1, 0.15) is 6.10 Å². The van der Waals surface area contributed by atoms with Gasteiger partial charge in [-0.15, -0.1) is 0 Å². The molecule has 1 aromatic carbocycles. The van der Waals surface area contributed by atoms with Gasteiger partial charge in [-0.1, -0.05) is 12.1 Å². The number of benzene rings is 1. The number of hydrogen-bond acceptors (Lipinski definition) is 6. The lowest BCUT2D eigenvalue weighted by atomic mass is 10.1. The van der Waals surface area contributed by atoms with Crippen LogP contribution >= 0.6 is 11.9 Å². The van der Waals surface area contributed by atoms with E-state index in [0.717, 1.165) is 4.31 Å². The zero-order valence-electron chi connectivity index (χ0n) is 11.1. The Kier molecular flexibility index (Phi) is 3.29. The van der Waals surface area contributed by atoms with E-state index in [0.29, 0.717) is 11.9 Å². The van der Waals surface area contributed by atoms with Crippen molar-refractivity contribution in [3.8, 4) is 0 Å². The topological polar surface area (TPSA) is 80.8 Å². The summed E-state index contributed by atoms with van der Waals surface area (Å²) in [5.74, 6) is -2.07. The highest BCUT2D eigenvalue weighted by atomic mass is 32.2. The number of ether oxygens (including phenoxy) is 1. The number of ketones is 1. The Bertz CT molecular complexity index is 618. The van der Waals surface area contributed by atoms with E-state index in [1.54, 1.807) is 31.2 Å². The second-order valence-corrected chi connectivity index (χ2v) is 5.90. The Hall–Kier alpha value is -2.15. The van der Waals surface area contributed by atoms with Gasteiger partial charge in [-0.05, 0) is 31.0 Å². The molecule has 7 heteroatoms. The highest BCUT2D eigenvalue weighted by Crippen LogP contribution is 2.33. The summed E-state index contributed by atoms with van der Waals surface area (Å²) in [6.07, 6.45) is -0.379. The molecule has 0 saturated carbocycles. The Morgan fingerprint density at radius 1 is 1.10 bits per heavy atom. The monoisotopic (exact) mass is 305 g/mol. The van der Waals surface area contributed by atoms with Crippen LogP contribution in [0.15, 0.2) is 24.3 Å². The lowest BCUT2D eigenvalue weighted by Gasteiger charge is -2.26. The van der Waals surface area contributed by atoms with Gasteiger partial charge in [0.15, 0.2) is 11.0 Å². The third kappa shape index (κ3) is 2.23. The van der Waals surface area contributed by atoms with Crippen molar-refractivity contribution in [2.24, 2.45) is 0 Å². The van der Waals surface area contributed by atoms with Crippen LogP contribution in [-0.2, 0) is 14.3 Å². The quantitative estimate of drug-likeness (QED) is 0.353. The number of nitrogens with zero attached hydrogens (tertiary/aromatic N) is 1. The van der Waals surface area contributed by atoms with E-state index in [4.69, 9.17) is 4.74 Å². The Morgan fingerprint density at radius 2 is 1.67 bits per heavy atom. The molecule has 0 spiro atoms. The standard InChI is InChI=1S/C14H11NO5S/c1-7-6-10(16)11(14(19)20-7)21-15-12(17)8-4-2-3-5-9(8)13(15)18/h2-5,7,11H,6H2,1H3. The summed E-state index contributed by atoms with van der Waals surface area (Å²) in [6.45, 7) is 1.62. The summed E-state index contributed by atoms with van der Waals surface area (Å²) in [5, 5.41) is -1.16. The van der Waals surface area contributed by atoms with Crippen molar-refractivity contribution < 1.29 is 23.9 Å². The van der Waals surface area contributed by atoms with Gasteiger partial charge in [-0.3, -0.25) is 19.2 Å². The van der Waals surface area contributed by atoms with Crippen molar-refractivity contribution >= 4 is 35.5 Å². The number of amides is 2. The summed E-state index contributed by atoms with van der Waals surface area (Å²) < 4.78 is 5.86. The molecule has 0 radical (unpaired) electrons. The first-order chi connectivity index (χ1) is 9.99. The van der Waals surface area contributed by atoms with E-state index in [9.17, 15) is 19.2 Å². The molecule has 2 aliphatic rings. The van der Waals surface area contributed by atoms with Gasteiger partial charge >= 0.3 is 5.97 Å². The fraction of sp³-hybridized carbons (Fsp3) is 0.286. The summed E-state index contributed by atoms with van der Waals surface area (Å²) >= 11 is 0.629. The van der Waals surface area contributed by atoms with Gasteiger partial charge < -0.3 is 4.74 Å². The van der Waals surface area contributed by atoms with Gasteiger partial charge in [0.2, 0.25) is 0 Å². The van der Waals surface area contributed by atoms with Gasteiger partial charge in [0.25, 0.3) is 11.8 Å². The normalized spacial score (nSPS) is 25.1. The zero-order chi connectivity index (χ0) is 15.1. The molecule has 3 rings (SSSR count). The molecule has 1 fully saturated rings. The summed E-state index contributed by atoms with van der Waals surface area (Å²) in [7, 11) is 0. The van der Waals surface area contributed by atoms with Gasteiger partial charge in [0.05, 0.1) is 11.1 Å². The lowest BCUT2D eigenvalue weighted by Crippen LogP contribution is -2.42. The van der Waals surface area contributed by atoms with Crippen LogP contribution in [-0.4, -0.2) is 39.2 Å². The Balaban J connectivity index is 1.84. The molecule has 6 nitrogen and oxygen atoms in total. The number of carbonyl (C=O) groups excluding carboxylic acids is 4. The Labute approximate surface area is 124 Å². The number of rotatable bonds is 2. The first-order valence-electron chi connectivity index (χ1n) is 6.37.